The molecule has 0 aliphatic rings. The third-order valence-electron chi connectivity index (χ3n) is 2.00. The van der Waals surface area contributed by atoms with Crippen LogP contribution in [0.15, 0.2) is 24.5 Å². The first-order valence-electron chi connectivity index (χ1n) is 4.49. The standard InChI is InChI=1S/C10H13N3/c1-3-12-13-5-4-9-10(13)6-8(2)7-11-9/h4-7,12H,3H2,1-2H3. The SMILES string of the molecule is CCNn1ccc2ncc(C)cc21. The molecule has 0 aromatic carbocycles. The van der Waals surface area contributed by atoms with Gasteiger partial charge in [0.05, 0.1) is 11.0 Å². The Morgan fingerprint density at radius 2 is 2.38 bits per heavy atom. The fraction of sp³-hybridized carbons (Fsp3) is 0.300. The van der Waals surface area contributed by atoms with Crippen LogP contribution >= 0.6 is 0 Å². The second-order valence-electron chi connectivity index (χ2n) is 3.11. The number of pyridine rings is 1. The number of hydrogen-bond donors (Lipinski definition) is 1. The fourth-order valence-electron chi connectivity index (χ4n) is 1.42. The molecule has 0 aliphatic carbocycles. The average molecular weight is 175 g/mol. The van der Waals surface area contributed by atoms with Crippen LogP contribution in [0.2, 0.25) is 0 Å². The first-order valence-corrected chi connectivity index (χ1v) is 4.49. The van der Waals surface area contributed by atoms with Crippen LogP contribution in [0.25, 0.3) is 11.0 Å². The van der Waals surface area contributed by atoms with Gasteiger partial charge in [-0.25, -0.2) is 0 Å². The van der Waals surface area contributed by atoms with Gasteiger partial charge < -0.3 is 5.43 Å². The molecule has 2 heterocycles. The van der Waals surface area contributed by atoms with Crippen LogP contribution in [0.5, 0.6) is 0 Å². The third-order valence-corrected chi connectivity index (χ3v) is 2.00. The summed E-state index contributed by atoms with van der Waals surface area (Å²) in [6, 6.07) is 4.14. The van der Waals surface area contributed by atoms with Gasteiger partial charge in [-0.3, -0.25) is 9.66 Å². The molecule has 0 unspecified atom stereocenters. The van der Waals surface area contributed by atoms with Crippen LogP contribution in [-0.4, -0.2) is 16.2 Å². The first kappa shape index (κ1) is 8.10. The van der Waals surface area contributed by atoms with E-state index in [1.165, 1.54) is 5.56 Å². The van der Waals surface area contributed by atoms with E-state index < -0.39 is 0 Å². The van der Waals surface area contributed by atoms with Crippen molar-refractivity contribution in [3.05, 3.63) is 30.1 Å². The molecule has 0 spiro atoms. The van der Waals surface area contributed by atoms with E-state index in [0.29, 0.717) is 0 Å². The van der Waals surface area contributed by atoms with Crippen molar-refractivity contribution >= 4 is 11.0 Å². The molecule has 0 saturated heterocycles. The van der Waals surface area contributed by atoms with E-state index in [-0.39, 0.29) is 0 Å². The monoisotopic (exact) mass is 175 g/mol. The van der Waals surface area contributed by atoms with Crippen LogP contribution in [0.3, 0.4) is 0 Å². The molecule has 0 aliphatic heterocycles. The molecular weight excluding hydrogens is 162 g/mol. The van der Waals surface area contributed by atoms with Crippen LogP contribution in [-0.2, 0) is 0 Å². The van der Waals surface area contributed by atoms with Gasteiger partial charge in [-0.1, -0.05) is 0 Å². The largest absolute Gasteiger partial charge is 0.326 e. The molecule has 0 radical (unpaired) electrons. The normalized spacial score (nSPS) is 10.6. The predicted molar refractivity (Wildman–Crippen MR) is 54.4 cm³/mol. The Morgan fingerprint density at radius 3 is 3.15 bits per heavy atom. The Hall–Kier alpha value is -1.51. The Balaban J connectivity index is 2.58. The number of nitrogens with zero attached hydrogens (tertiary/aromatic N) is 2. The third kappa shape index (κ3) is 1.37. The second-order valence-corrected chi connectivity index (χ2v) is 3.11. The van der Waals surface area contributed by atoms with E-state index in [2.05, 4.69) is 30.3 Å². The lowest BCUT2D eigenvalue weighted by Gasteiger charge is -2.05. The van der Waals surface area contributed by atoms with Crippen LogP contribution < -0.4 is 5.43 Å². The highest BCUT2D eigenvalue weighted by Gasteiger charge is 2.00. The number of aryl methyl sites for hydroxylation is 1. The van der Waals surface area contributed by atoms with Crippen LogP contribution in [0.1, 0.15) is 12.5 Å². The summed E-state index contributed by atoms with van der Waals surface area (Å²) in [4.78, 5) is 4.32. The molecule has 0 saturated carbocycles. The van der Waals surface area contributed by atoms with E-state index in [1.54, 1.807) is 0 Å². The zero-order valence-electron chi connectivity index (χ0n) is 7.91. The molecule has 1 N–H and O–H groups in total. The highest BCUT2D eigenvalue weighted by atomic mass is 15.4. The predicted octanol–water partition coefficient (Wildman–Crippen LogP) is 1.91. The van der Waals surface area contributed by atoms with E-state index in [9.17, 15) is 0 Å². The summed E-state index contributed by atoms with van der Waals surface area (Å²) in [6.07, 6.45) is 3.89. The highest BCUT2D eigenvalue weighted by Crippen LogP contribution is 2.12. The van der Waals surface area contributed by atoms with Crippen LogP contribution in [0, 0.1) is 6.92 Å². The Kier molecular flexibility index (Phi) is 1.93. The summed E-state index contributed by atoms with van der Waals surface area (Å²) >= 11 is 0. The molecule has 2 aromatic rings. The van der Waals surface area contributed by atoms with Gasteiger partial charge in [0.25, 0.3) is 0 Å². The minimum Gasteiger partial charge on any atom is -0.326 e. The number of fused-ring (bicyclic) bond motifs is 1. The summed E-state index contributed by atoms with van der Waals surface area (Å²) < 4.78 is 2.01. The van der Waals surface area contributed by atoms with Crippen molar-refractivity contribution in [2.24, 2.45) is 0 Å². The fourth-order valence-corrected chi connectivity index (χ4v) is 1.42. The quantitative estimate of drug-likeness (QED) is 0.755. The summed E-state index contributed by atoms with van der Waals surface area (Å²) in [5, 5.41) is 0. The van der Waals surface area contributed by atoms with Gasteiger partial charge in [0.15, 0.2) is 0 Å². The van der Waals surface area contributed by atoms with Crippen molar-refractivity contribution < 1.29 is 0 Å². The Morgan fingerprint density at radius 1 is 1.54 bits per heavy atom. The molecule has 68 valence electrons. The van der Waals surface area contributed by atoms with Gasteiger partial charge in [-0.05, 0) is 31.5 Å². The van der Waals surface area contributed by atoms with E-state index in [0.717, 1.165) is 17.6 Å². The molecule has 2 aromatic heterocycles. The zero-order valence-corrected chi connectivity index (χ0v) is 7.91. The second kappa shape index (κ2) is 3.09. The summed E-state index contributed by atoms with van der Waals surface area (Å²) in [7, 11) is 0. The van der Waals surface area contributed by atoms with Gasteiger partial charge in [0.1, 0.15) is 0 Å². The lowest BCUT2D eigenvalue weighted by Crippen LogP contribution is -2.12. The molecule has 3 heteroatoms. The number of nitrogens with one attached hydrogen (secondary N) is 1. The average Bonchev–Trinajstić information content (AvgIpc) is 2.49. The van der Waals surface area contributed by atoms with Crippen molar-refractivity contribution in [3.63, 3.8) is 0 Å². The lowest BCUT2D eigenvalue weighted by atomic mass is 10.3. The molecule has 3 nitrogen and oxygen atoms in total. The summed E-state index contributed by atoms with van der Waals surface area (Å²) in [6.45, 7) is 5.04. The number of rotatable bonds is 2. The molecule has 0 atom stereocenters. The summed E-state index contributed by atoms with van der Waals surface area (Å²) in [5.41, 5.74) is 6.59. The van der Waals surface area contributed by atoms with Gasteiger partial charge in [-0.2, -0.15) is 0 Å². The molecule has 0 bridgehead atoms. The molecule has 0 fully saturated rings. The molecule has 2 rings (SSSR count). The van der Waals surface area contributed by atoms with Gasteiger partial charge in [0, 0.05) is 18.9 Å². The van der Waals surface area contributed by atoms with Gasteiger partial charge in [-0.15, -0.1) is 0 Å². The van der Waals surface area contributed by atoms with Crippen molar-refractivity contribution in [2.45, 2.75) is 13.8 Å². The van der Waals surface area contributed by atoms with E-state index in [1.807, 2.05) is 23.1 Å². The van der Waals surface area contributed by atoms with E-state index in [4.69, 9.17) is 0 Å². The minimum absolute atomic E-state index is 0.914. The Bertz CT molecular complexity index is 417. The first-order chi connectivity index (χ1) is 6.31. The molecular formula is C10H13N3. The Labute approximate surface area is 77.4 Å². The van der Waals surface area contributed by atoms with E-state index >= 15 is 0 Å². The maximum Gasteiger partial charge on any atom is 0.0901 e. The van der Waals surface area contributed by atoms with Gasteiger partial charge in [0.2, 0.25) is 0 Å². The minimum atomic E-state index is 0.914. The highest BCUT2D eigenvalue weighted by molar-refractivity contribution is 5.76. The number of hydrogen-bond acceptors (Lipinski definition) is 2. The van der Waals surface area contributed by atoms with Gasteiger partial charge >= 0.3 is 0 Å². The molecule has 0 amide bonds. The van der Waals surface area contributed by atoms with Crippen molar-refractivity contribution in [3.8, 4) is 0 Å². The van der Waals surface area contributed by atoms with Crippen molar-refractivity contribution in [1.29, 1.82) is 0 Å². The van der Waals surface area contributed by atoms with Crippen molar-refractivity contribution in [1.82, 2.24) is 9.66 Å². The summed E-state index contributed by atoms with van der Waals surface area (Å²) in [5.74, 6) is 0. The lowest BCUT2D eigenvalue weighted by molar-refractivity contribution is 0.900. The number of aromatic nitrogens is 2. The molecule has 13 heavy (non-hydrogen) atoms. The van der Waals surface area contributed by atoms with Crippen LogP contribution in [0.4, 0.5) is 0 Å². The smallest absolute Gasteiger partial charge is 0.0901 e. The topological polar surface area (TPSA) is 29.9 Å². The van der Waals surface area contributed by atoms with Crippen molar-refractivity contribution in [2.75, 3.05) is 12.0 Å². The maximum atomic E-state index is 4.32. The maximum absolute atomic E-state index is 4.32. The zero-order chi connectivity index (χ0) is 9.26.